The molecular formula is C15H22BrNOS. The van der Waals surface area contributed by atoms with Crippen LogP contribution in [0.2, 0.25) is 0 Å². The molecule has 2 rings (SSSR count). The van der Waals surface area contributed by atoms with Crippen molar-refractivity contribution in [2.45, 2.75) is 52.0 Å². The van der Waals surface area contributed by atoms with Crippen molar-refractivity contribution in [2.24, 2.45) is 5.92 Å². The number of carbonyl (C=O) groups is 1. The van der Waals surface area contributed by atoms with Gasteiger partial charge >= 0.3 is 0 Å². The van der Waals surface area contributed by atoms with Crippen LogP contribution in [0.15, 0.2) is 6.07 Å². The molecule has 4 heteroatoms. The third-order valence-electron chi connectivity index (χ3n) is 3.76. The molecule has 1 N–H and O–H groups in total. The number of nitrogens with one attached hydrogen (secondary N) is 1. The van der Waals surface area contributed by atoms with Gasteiger partial charge in [0.1, 0.15) is 0 Å². The molecule has 0 fully saturated rings. The van der Waals surface area contributed by atoms with Gasteiger partial charge in [-0.15, -0.1) is 11.3 Å². The number of carbonyl (C=O) groups excluding carboxylic acids is 1. The van der Waals surface area contributed by atoms with Crippen LogP contribution < -0.4 is 5.32 Å². The van der Waals surface area contributed by atoms with Crippen molar-refractivity contribution in [3.05, 3.63) is 21.4 Å². The summed E-state index contributed by atoms with van der Waals surface area (Å²) in [6.45, 7) is 4.27. The Morgan fingerprint density at radius 1 is 1.37 bits per heavy atom. The number of aryl methyl sites for hydroxylation is 2. The van der Waals surface area contributed by atoms with E-state index >= 15 is 0 Å². The molecule has 2 nitrogen and oxygen atoms in total. The second-order valence-electron chi connectivity index (χ2n) is 5.60. The van der Waals surface area contributed by atoms with E-state index < -0.39 is 0 Å². The van der Waals surface area contributed by atoms with E-state index in [2.05, 4.69) is 41.2 Å². The molecule has 0 radical (unpaired) electrons. The summed E-state index contributed by atoms with van der Waals surface area (Å²) in [5.41, 5.74) is 1.41. The van der Waals surface area contributed by atoms with Crippen LogP contribution in [0, 0.1) is 5.92 Å². The lowest BCUT2D eigenvalue weighted by molar-refractivity contribution is 0.0936. The zero-order valence-corrected chi connectivity index (χ0v) is 14.1. The van der Waals surface area contributed by atoms with E-state index in [4.69, 9.17) is 0 Å². The molecule has 0 aliphatic heterocycles. The molecule has 1 heterocycles. The van der Waals surface area contributed by atoms with E-state index in [1.807, 2.05) is 0 Å². The molecular weight excluding hydrogens is 322 g/mol. The predicted molar refractivity (Wildman–Crippen MR) is 85.5 cm³/mol. The number of alkyl halides is 1. The standard InChI is InChI=1S/C15H22BrNOS/c1-10(2)12(9-16)17-15(18)14-8-11-6-4-3-5-7-13(11)19-14/h8,10,12H,3-7,9H2,1-2H3,(H,17,18). The Kier molecular flexibility index (Phi) is 5.46. The number of rotatable bonds is 4. The third kappa shape index (κ3) is 3.82. The zero-order valence-electron chi connectivity index (χ0n) is 11.7. The van der Waals surface area contributed by atoms with Gasteiger partial charge in [-0.05, 0) is 43.2 Å². The second kappa shape index (κ2) is 6.89. The fraction of sp³-hybridized carbons (Fsp3) is 0.667. The summed E-state index contributed by atoms with van der Waals surface area (Å²) in [7, 11) is 0. The Morgan fingerprint density at radius 2 is 2.11 bits per heavy atom. The summed E-state index contributed by atoms with van der Waals surface area (Å²) in [6, 6.07) is 2.32. The van der Waals surface area contributed by atoms with Crippen LogP contribution in [0.4, 0.5) is 0 Å². The molecule has 0 bridgehead atoms. The molecule has 0 aromatic carbocycles. The first-order chi connectivity index (χ1) is 9.11. The van der Waals surface area contributed by atoms with Crippen molar-refractivity contribution < 1.29 is 4.79 Å². The van der Waals surface area contributed by atoms with Gasteiger partial charge in [-0.2, -0.15) is 0 Å². The zero-order chi connectivity index (χ0) is 13.8. The van der Waals surface area contributed by atoms with Crippen molar-refractivity contribution in [2.75, 3.05) is 5.33 Å². The molecule has 1 amide bonds. The van der Waals surface area contributed by atoms with Gasteiger partial charge in [0.05, 0.1) is 4.88 Å². The van der Waals surface area contributed by atoms with Gasteiger partial charge < -0.3 is 5.32 Å². The maximum atomic E-state index is 12.3. The monoisotopic (exact) mass is 343 g/mol. The molecule has 0 saturated heterocycles. The van der Waals surface area contributed by atoms with Crippen LogP contribution in [0.5, 0.6) is 0 Å². The molecule has 1 aromatic rings. The SMILES string of the molecule is CC(C)C(CBr)NC(=O)c1cc2c(s1)CCCCC2. The van der Waals surface area contributed by atoms with Gasteiger partial charge in [0.25, 0.3) is 5.91 Å². The number of halogens is 1. The van der Waals surface area contributed by atoms with Gasteiger partial charge in [0.15, 0.2) is 0 Å². The quantitative estimate of drug-likeness (QED) is 0.645. The number of hydrogen-bond acceptors (Lipinski definition) is 2. The number of fused-ring (bicyclic) bond motifs is 1. The van der Waals surface area contributed by atoms with E-state index in [9.17, 15) is 4.79 Å². The summed E-state index contributed by atoms with van der Waals surface area (Å²) in [5, 5.41) is 3.94. The smallest absolute Gasteiger partial charge is 0.261 e. The lowest BCUT2D eigenvalue weighted by atomic mass is 10.1. The number of thiophene rings is 1. The van der Waals surface area contributed by atoms with Crippen LogP contribution >= 0.6 is 27.3 Å². The van der Waals surface area contributed by atoms with E-state index in [0.29, 0.717) is 5.92 Å². The van der Waals surface area contributed by atoms with E-state index in [0.717, 1.165) is 23.0 Å². The molecule has 1 aromatic heterocycles. The summed E-state index contributed by atoms with van der Waals surface area (Å²) in [6.07, 6.45) is 6.15. The van der Waals surface area contributed by atoms with Gasteiger partial charge in [-0.1, -0.05) is 36.2 Å². The minimum atomic E-state index is 0.0937. The van der Waals surface area contributed by atoms with Crippen LogP contribution in [-0.4, -0.2) is 17.3 Å². The second-order valence-corrected chi connectivity index (χ2v) is 7.38. The van der Waals surface area contributed by atoms with Gasteiger partial charge in [0, 0.05) is 16.2 Å². The van der Waals surface area contributed by atoms with Crippen LogP contribution in [0.1, 0.15) is 53.2 Å². The highest BCUT2D eigenvalue weighted by Gasteiger charge is 2.20. The maximum absolute atomic E-state index is 12.3. The highest BCUT2D eigenvalue weighted by molar-refractivity contribution is 9.09. The Hall–Kier alpha value is -0.350. The Balaban J connectivity index is 2.07. The van der Waals surface area contributed by atoms with E-state index in [1.54, 1.807) is 11.3 Å². The van der Waals surface area contributed by atoms with Gasteiger partial charge in [-0.25, -0.2) is 0 Å². The topological polar surface area (TPSA) is 29.1 Å². The molecule has 19 heavy (non-hydrogen) atoms. The molecule has 0 spiro atoms. The molecule has 1 unspecified atom stereocenters. The molecule has 106 valence electrons. The lowest BCUT2D eigenvalue weighted by Crippen LogP contribution is -2.39. The van der Waals surface area contributed by atoms with Crippen molar-refractivity contribution >= 4 is 33.2 Å². The summed E-state index contributed by atoms with van der Waals surface area (Å²) in [4.78, 5) is 14.6. The van der Waals surface area contributed by atoms with E-state index in [-0.39, 0.29) is 11.9 Å². The first-order valence-corrected chi connectivity index (χ1v) is 9.04. The van der Waals surface area contributed by atoms with Gasteiger partial charge in [-0.3, -0.25) is 4.79 Å². The Morgan fingerprint density at radius 3 is 2.79 bits per heavy atom. The number of amides is 1. The van der Waals surface area contributed by atoms with Gasteiger partial charge in [0.2, 0.25) is 0 Å². The van der Waals surface area contributed by atoms with Crippen LogP contribution in [0.3, 0.4) is 0 Å². The van der Waals surface area contributed by atoms with Crippen LogP contribution in [0.25, 0.3) is 0 Å². The van der Waals surface area contributed by atoms with Crippen LogP contribution in [-0.2, 0) is 12.8 Å². The van der Waals surface area contributed by atoms with Crippen molar-refractivity contribution in [3.63, 3.8) is 0 Å². The summed E-state index contributed by atoms with van der Waals surface area (Å²) in [5.74, 6) is 0.539. The molecule has 1 atom stereocenters. The first kappa shape index (κ1) is 15.0. The highest BCUT2D eigenvalue weighted by atomic mass is 79.9. The summed E-state index contributed by atoms with van der Waals surface area (Å²) < 4.78 is 0. The fourth-order valence-electron chi connectivity index (χ4n) is 2.40. The Bertz CT molecular complexity index is 418. The van der Waals surface area contributed by atoms with Crippen molar-refractivity contribution in [1.82, 2.24) is 5.32 Å². The number of hydrogen-bond donors (Lipinski definition) is 1. The van der Waals surface area contributed by atoms with Crippen molar-refractivity contribution in [1.29, 1.82) is 0 Å². The highest BCUT2D eigenvalue weighted by Crippen LogP contribution is 2.29. The average molecular weight is 344 g/mol. The minimum absolute atomic E-state index is 0.0937. The predicted octanol–water partition coefficient (Wildman–Crippen LogP) is 4.17. The van der Waals surface area contributed by atoms with Crippen molar-refractivity contribution in [3.8, 4) is 0 Å². The largest absolute Gasteiger partial charge is 0.348 e. The summed E-state index contributed by atoms with van der Waals surface area (Å²) >= 11 is 5.17. The normalized spacial score (nSPS) is 16.8. The van der Waals surface area contributed by atoms with E-state index in [1.165, 1.54) is 29.7 Å². The lowest BCUT2D eigenvalue weighted by Gasteiger charge is -2.19. The maximum Gasteiger partial charge on any atom is 0.261 e. The average Bonchev–Trinajstić information content (AvgIpc) is 2.67. The fourth-order valence-corrected chi connectivity index (χ4v) is 4.47. The Labute approximate surface area is 128 Å². The minimum Gasteiger partial charge on any atom is -0.348 e. The molecule has 1 aliphatic carbocycles. The molecule has 0 saturated carbocycles. The third-order valence-corrected chi connectivity index (χ3v) is 5.69. The first-order valence-electron chi connectivity index (χ1n) is 7.10. The molecule has 1 aliphatic rings.